The summed E-state index contributed by atoms with van der Waals surface area (Å²) in [5.74, 6) is -76.5. The highest BCUT2D eigenvalue weighted by Gasteiger charge is 2.74. The summed E-state index contributed by atoms with van der Waals surface area (Å²) in [5.41, 5.74) is -11.7. The Kier molecular flexibility index (Phi) is 21.2. The van der Waals surface area contributed by atoms with Crippen LogP contribution in [-0.2, 0) is 0 Å². The van der Waals surface area contributed by atoms with Crippen molar-refractivity contribution in [2.24, 2.45) is 0 Å². The van der Waals surface area contributed by atoms with Crippen molar-refractivity contribution < 1.29 is 146 Å². The fourth-order valence-corrected chi connectivity index (χ4v) is 11.4. The van der Waals surface area contributed by atoms with Crippen LogP contribution in [0, 0.1) is 151 Å². The van der Waals surface area contributed by atoms with Crippen molar-refractivity contribution in [2.45, 2.75) is 70.3 Å². The Hall–Kier alpha value is -8.98. The molecule has 0 amide bonds. The minimum absolute atomic E-state index is 0.00699. The monoisotopic (exact) mass is 1440 g/mol. The Bertz CT molecular complexity index is 4390. The molecule has 0 aliphatic carbocycles. The molecule has 0 aliphatic rings. The van der Waals surface area contributed by atoms with E-state index in [0.717, 1.165) is 18.6 Å². The molecule has 0 bridgehead atoms. The second-order valence-corrected chi connectivity index (χ2v) is 21.6. The Morgan fingerprint density at radius 3 is 0.888 bits per heavy atom. The Morgan fingerprint density at radius 1 is 0.296 bits per heavy atom. The largest absolute Gasteiger partial charge is 0.458 e. The molecule has 0 heterocycles. The van der Waals surface area contributed by atoms with E-state index in [9.17, 15) is 70.2 Å². The van der Waals surface area contributed by atoms with Crippen molar-refractivity contribution in [3.63, 3.8) is 0 Å². The predicted molar refractivity (Wildman–Crippen MR) is 292 cm³/mol. The van der Waals surface area contributed by atoms with E-state index in [1.807, 2.05) is 6.92 Å². The van der Waals surface area contributed by atoms with E-state index in [2.05, 4.69) is 0 Å². The SMILES string of the molecule is CCCCCCC(F)(F)C(F)(F)C(F)(F)[NH2+]CCC.Fc1ccc2c([B-](c3c(F)c(F)c(F)c4c(F)c(F)ccc34)(c3c(F)c(F)c(F)c4c(F)c(F)ccc34)c3c(F)c(F)c(F)c4c(F)c(F)ccc34)c(F)c(F)c(F)c2c1F.Fc1ccccc1-c1c(F)c(F)c(F)c(F)c1F. The van der Waals surface area contributed by atoms with Crippen LogP contribution >= 0.6 is 0 Å². The van der Waals surface area contributed by atoms with Crippen LogP contribution in [0.15, 0.2) is 72.8 Å². The van der Waals surface area contributed by atoms with Gasteiger partial charge in [0.05, 0.1) is 33.7 Å². The number of halogens is 32. The number of benzene rings is 10. The molecule has 10 rings (SSSR count). The van der Waals surface area contributed by atoms with Crippen molar-refractivity contribution in [1.29, 1.82) is 0 Å². The molecule has 0 saturated carbocycles. The molecule has 0 fully saturated rings. The lowest BCUT2D eigenvalue weighted by atomic mass is 9.11. The molecule has 98 heavy (non-hydrogen) atoms. The maximum atomic E-state index is 17.3. The van der Waals surface area contributed by atoms with Crippen molar-refractivity contribution in [3.05, 3.63) is 224 Å². The summed E-state index contributed by atoms with van der Waals surface area (Å²) in [6, 6.07) is -1.04. The molecule has 0 spiro atoms. The molecule has 1 nitrogen and oxygen atoms in total. The van der Waals surface area contributed by atoms with Crippen molar-refractivity contribution >= 4 is 71.1 Å². The number of quaternary nitrogens is 1. The van der Waals surface area contributed by atoms with Gasteiger partial charge in [0, 0.05) is 12.0 Å². The van der Waals surface area contributed by atoms with Crippen LogP contribution in [0.25, 0.3) is 54.2 Å². The molecule has 34 heteroatoms. The highest BCUT2D eigenvalue weighted by molar-refractivity contribution is 7.23. The smallest absolute Gasteiger partial charge is 0.280 e. The zero-order valence-electron chi connectivity index (χ0n) is 48.6. The Balaban J connectivity index is 0.000000269. The maximum absolute atomic E-state index is 17.3. The summed E-state index contributed by atoms with van der Waals surface area (Å²) in [6.07, 6.45) is -5.76. The highest BCUT2D eigenvalue weighted by atomic mass is 19.3. The normalized spacial score (nSPS) is 12.3. The second kappa shape index (κ2) is 27.7. The van der Waals surface area contributed by atoms with Crippen molar-refractivity contribution in [1.82, 2.24) is 0 Å². The number of unbranched alkanes of at least 4 members (excludes halogenated alkanes) is 3. The fraction of sp³-hybridized carbons (Fsp3) is 0.188. The van der Waals surface area contributed by atoms with E-state index in [1.54, 1.807) is 0 Å². The minimum Gasteiger partial charge on any atom is -0.280 e. The van der Waals surface area contributed by atoms with Gasteiger partial charge < -0.3 is 0 Å². The number of nitrogens with two attached hydrogens (primary N) is 1. The lowest BCUT2D eigenvalue weighted by molar-refractivity contribution is -0.808. The maximum Gasteiger partial charge on any atom is 0.458 e. The third-order valence-electron chi connectivity index (χ3n) is 15.9. The average Bonchev–Trinajstić information content (AvgIpc) is 0.669. The Morgan fingerprint density at radius 2 is 0.592 bits per heavy atom. The summed E-state index contributed by atoms with van der Waals surface area (Å²) in [5, 5.41) is -16.2. The van der Waals surface area contributed by atoms with Gasteiger partial charge in [0.25, 0.3) is 0 Å². The van der Waals surface area contributed by atoms with Crippen LogP contribution in [0.4, 0.5) is 140 Å². The number of hydrogen-bond donors (Lipinski definition) is 1. The van der Waals surface area contributed by atoms with Crippen molar-refractivity contribution in [3.8, 4) is 11.1 Å². The van der Waals surface area contributed by atoms with E-state index in [4.69, 9.17) is 0 Å². The zero-order chi connectivity index (χ0) is 73.2. The van der Waals surface area contributed by atoms with Crippen molar-refractivity contribution in [2.75, 3.05) is 6.54 Å². The van der Waals surface area contributed by atoms with Crippen LogP contribution in [-0.4, -0.2) is 30.6 Å². The standard InChI is InChI=1S/C40H8BF20.C12H21F6N.C12H4F6/c42-13-5-1-9-17(25(13)46)29(50)37(58)33(54)21(9)41(22-10-2-6-14(43)26(47)18(10)30(51)38(59)34(22)55,23-11-3-7-15(44)27(48)19(11)31(52)39(60)35(23)56)24-12-4-8-16(45)28(49)20(12)32(53)40(61)36(24)57;1-3-5-6-7-8-10(13,14)11(15,16)12(17,18)19-9-4-2;13-6-4-2-1-3-5(6)7-8(14)10(16)12(18)11(17)9(7)15/h1-8H;19H,3-9H2,1-2H3;1-4H/q-1;;/p+1. The van der Waals surface area contributed by atoms with Crippen LogP contribution in [0.5, 0.6) is 0 Å². The predicted octanol–water partition coefficient (Wildman–Crippen LogP) is 18.4. The summed E-state index contributed by atoms with van der Waals surface area (Å²) < 4.78 is 476. The van der Waals surface area contributed by atoms with Gasteiger partial charge in [-0.05, 0) is 64.7 Å². The van der Waals surface area contributed by atoms with E-state index in [0.29, 0.717) is 12.8 Å². The zero-order valence-corrected chi connectivity index (χ0v) is 48.6. The number of hydrogen-bond acceptors (Lipinski definition) is 0. The molecule has 0 saturated heterocycles. The van der Waals surface area contributed by atoms with Crippen LogP contribution < -0.4 is 27.2 Å². The quantitative estimate of drug-likeness (QED) is 0.0263. The first-order valence-corrected chi connectivity index (χ1v) is 27.9. The highest BCUT2D eigenvalue weighted by Crippen LogP contribution is 2.46. The van der Waals surface area contributed by atoms with Gasteiger partial charge in [0.1, 0.15) is 35.2 Å². The van der Waals surface area contributed by atoms with E-state index in [-0.39, 0.29) is 73.2 Å². The molecule has 0 atom stereocenters. The van der Waals surface area contributed by atoms with Gasteiger partial charge in [-0.1, -0.05) is 75.6 Å². The second-order valence-electron chi connectivity index (χ2n) is 21.6. The molecule has 2 N–H and O–H groups in total. The first-order valence-electron chi connectivity index (χ1n) is 27.9. The van der Waals surface area contributed by atoms with E-state index in [1.165, 1.54) is 19.1 Å². The average molecular weight is 1440 g/mol. The van der Waals surface area contributed by atoms with Crippen LogP contribution in [0.1, 0.15) is 52.4 Å². The molecule has 0 radical (unpaired) electrons. The van der Waals surface area contributed by atoms with Gasteiger partial charge in [0.2, 0.25) is 5.82 Å². The van der Waals surface area contributed by atoms with E-state index < -0.39 is 258 Å². The summed E-state index contributed by atoms with van der Waals surface area (Å²) in [7, 11) is 0. The first-order chi connectivity index (χ1) is 45.7. The topological polar surface area (TPSA) is 16.6 Å². The molecule has 0 aliphatic heterocycles. The third-order valence-corrected chi connectivity index (χ3v) is 15.9. The summed E-state index contributed by atoms with van der Waals surface area (Å²) in [4.78, 5) is 0. The lowest BCUT2D eigenvalue weighted by Crippen LogP contribution is -2.99. The summed E-state index contributed by atoms with van der Waals surface area (Å²) in [6.45, 7) is 3.02. The molecule has 0 aromatic heterocycles. The molecule has 522 valence electrons. The van der Waals surface area contributed by atoms with Crippen LogP contribution in [0.3, 0.4) is 0 Å². The third kappa shape index (κ3) is 12.0. The van der Waals surface area contributed by atoms with Gasteiger partial charge in [-0.15, -0.1) is 30.6 Å². The van der Waals surface area contributed by atoms with Gasteiger partial charge in [-0.25, -0.2) is 114 Å². The van der Waals surface area contributed by atoms with Gasteiger partial charge in [0.15, 0.2) is 116 Å². The van der Waals surface area contributed by atoms with Gasteiger partial charge in [-0.3, -0.25) is 5.32 Å². The summed E-state index contributed by atoms with van der Waals surface area (Å²) >= 11 is 0. The first kappa shape index (κ1) is 74.8. The van der Waals surface area contributed by atoms with Gasteiger partial charge >= 0.3 is 17.9 Å². The minimum atomic E-state index is -6.29. The molecule has 10 aromatic carbocycles. The Labute approximate surface area is 527 Å². The molecular weight excluding hydrogens is 1400 g/mol. The van der Waals surface area contributed by atoms with Gasteiger partial charge in [-0.2, -0.15) is 17.6 Å². The van der Waals surface area contributed by atoms with E-state index >= 15 is 70.2 Å². The number of alkyl halides is 6. The fourth-order valence-electron chi connectivity index (χ4n) is 11.4. The molecular formula is C64H34BF32N. The number of rotatable bonds is 15. The molecule has 10 aromatic rings. The lowest BCUT2D eigenvalue weighted by Gasteiger charge is -2.47. The van der Waals surface area contributed by atoms with Crippen LogP contribution in [0.2, 0.25) is 0 Å². The molecule has 0 unspecified atom stereocenters. The number of fused-ring (bicyclic) bond motifs is 4.